The van der Waals surface area contributed by atoms with E-state index in [0.29, 0.717) is 29.8 Å². The molecular weight excluding hydrogens is 568 g/mol. The first-order chi connectivity index (χ1) is 20.2. The van der Waals surface area contributed by atoms with E-state index in [1.165, 1.54) is 16.7 Å². The third-order valence-electron chi connectivity index (χ3n) is 10.6. The number of methoxy groups -OCH3 is 1. The van der Waals surface area contributed by atoms with E-state index in [2.05, 4.69) is 33.7 Å². The number of nitrogens with zero attached hydrogens (tertiary/aromatic N) is 1. The topological polar surface area (TPSA) is 67.9 Å². The fourth-order valence-corrected chi connectivity index (χ4v) is 10.1. The van der Waals surface area contributed by atoms with Gasteiger partial charge < -0.3 is 14.4 Å². The number of carbonyl (C=O) groups is 1. The highest BCUT2D eigenvalue weighted by atomic mass is 35.5. The number of rotatable bonds is 1. The summed E-state index contributed by atoms with van der Waals surface area (Å²) in [5, 5.41) is 0.776. The highest BCUT2D eigenvalue weighted by Gasteiger charge is 2.45. The second-order valence-electron chi connectivity index (χ2n) is 13.3. The maximum atomic E-state index is 13.5. The van der Waals surface area contributed by atoms with Crippen molar-refractivity contribution in [2.75, 3.05) is 37.5 Å². The van der Waals surface area contributed by atoms with Gasteiger partial charge in [0.05, 0.1) is 18.4 Å². The summed E-state index contributed by atoms with van der Waals surface area (Å²) in [7, 11) is -0.938. The predicted molar refractivity (Wildman–Crippen MR) is 170 cm³/mol. The van der Waals surface area contributed by atoms with Gasteiger partial charge in [-0.15, -0.1) is 0 Å². The average Bonchev–Trinajstić information content (AvgIpc) is 3.10. The van der Waals surface area contributed by atoms with Gasteiger partial charge in [0.25, 0.3) is 5.91 Å². The molecule has 0 aromatic heterocycles. The van der Waals surface area contributed by atoms with Gasteiger partial charge in [-0.3, -0.25) is 9.52 Å². The fourth-order valence-electron chi connectivity index (χ4n) is 8.33. The Hall–Kier alpha value is -2.48. The predicted octanol–water partition coefficient (Wildman–Crippen LogP) is 5.96. The van der Waals surface area contributed by atoms with Gasteiger partial charge in [0.2, 0.25) is 0 Å². The first-order valence-corrected chi connectivity index (χ1v) is 17.7. The van der Waals surface area contributed by atoms with E-state index in [4.69, 9.17) is 21.1 Å². The third-order valence-corrected chi connectivity index (χ3v) is 12.4. The molecule has 2 aromatic rings. The van der Waals surface area contributed by atoms with Gasteiger partial charge in [-0.05, 0) is 122 Å². The number of allylic oxidation sites excluding steroid dienone is 1. The zero-order valence-electron chi connectivity index (χ0n) is 24.4. The van der Waals surface area contributed by atoms with Gasteiger partial charge in [0.1, 0.15) is 5.75 Å². The summed E-state index contributed by atoms with van der Waals surface area (Å²) in [5.74, 6) is 5.98. The zero-order chi connectivity index (χ0) is 29.1. The van der Waals surface area contributed by atoms with Gasteiger partial charge in [-0.25, -0.2) is 4.21 Å². The molecule has 42 heavy (non-hydrogen) atoms. The second kappa shape index (κ2) is 10.9. The molecular formula is C34H41ClN2O4S. The maximum absolute atomic E-state index is 13.5. The number of aryl methyl sites for hydroxylation is 1. The number of fused-ring (bicyclic) bond motifs is 7. The lowest BCUT2D eigenvalue weighted by atomic mass is 9.66. The summed E-state index contributed by atoms with van der Waals surface area (Å²) >= 11 is 6.43. The number of nitrogens with one attached hydrogen (secondary N) is 1. The standard InChI is InChI=1S/C34H41ClN2O4S/c1-40-32-23-7-5-22(6-8-23)19-42(2,39)36-33(38)25-10-14-31-30(17-25)37(18-26-9-12-28(26)32)20-34(21-41-31)15-3-4-24-16-27(35)11-13-29(24)34/h7,10-11,13-14,16-17,22,26,28,32H,2-6,8-9,12,15,18-21H2,1H3,(H,36,38,39)/t22?,26-,28+,32+,34-,42?/m0/s1. The van der Waals surface area contributed by atoms with Crippen molar-refractivity contribution in [3.63, 3.8) is 0 Å². The van der Waals surface area contributed by atoms with Crippen LogP contribution >= 0.6 is 11.6 Å². The van der Waals surface area contributed by atoms with Crippen LogP contribution < -0.4 is 14.4 Å². The van der Waals surface area contributed by atoms with E-state index in [0.717, 1.165) is 80.9 Å². The molecule has 3 aliphatic carbocycles. The molecule has 8 rings (SSSR count). The molecule has 224 valence electrons. The van der Waals surface area contributed by atoms with Crippen LogP contribution in [-0.2, 0) is 26.3 Å². The van der Waals surface area contributed by atoms with E-state index in [-0.39, 0.29) is 23.3 Å². The quantitative estimate of drug-likeness (QED) is 0.320. The van der Waals surface area contributed by atoms with Crippen molar-refractivity contribution in [1.82, 2.24) is 4.72 Å². The molecule has 4 bridgehead atoms. The lowest BCUT2D eigenvalue weighted by Crippen LogP contribution is -2.50. The molecule has 3 aliphatic heterocycles. The minimum Gasteiger partial charge on any atom is -0.490 e. The molecule has 0 radical (unpaired) electrons. The Morgan fingerprint density at radius 3 is 2.81 bits per heavy atom. The number of hydrogen-bond donors (Lipinski definition) is 1. The molecule has 6 atom stereocenters. The SMILES string of the molecule is C=S1(=O)CC2CC=C(CC2)[C@@H](OC)[C@@H]2CC[C@H]2CN2C[C@@]3(CCCc4cc(Cl)ccc43)COc3ccc(cc32)C(=O)N1. The van der Waals surface area contributed by atoms with Crippen LogP contribution in [0.25, 0.3) is 0 Å². The van der Waals surface area contributed by atoms with Crippen LogP contribution in [0.4, 0.5) is 5.69 Å². The highest BCUT2D eigenvalue weighted by molar-refractivity contribution is 7.99. The first-order valence-electron chi connectivity index (χ1n) is 15.4. The van der Waals surface area contributed by atoms with Crippen LogP contribution in [0.1, 0.15) is 66.4 Å². The number of carbonyl (C=O) groups excluding carboxylic acids is 1. The third kappa shape index (κ3) is 5.16. The van der Waals surface area contributed by atoms with Crippen molar-refractivity contribution in [3.8, 4) is 5.75 Å². The van der Waals surface area contributed by atoms with Crippen molar-refractivity contribution < 1.29 is 18.5 Å². The number of hydrogen-bond acceptors (Lipinski definition) is 5. The molecule has 1 amide bonds. The summed E-state index contributed by atoms with van der Waals surface area (Å²) in [4.78, 5) is 15.9. The van der Waals surface area contributed by atoms with E-state index < -0.39 is 9.71 Å². The summed E-state index contributed by atoms with van der Waals surface area (Å²) in [6.45, 7) is 2.25. The van der Waals surface area contributed by atoms with E-state index >= 15 is 0 Å². The van der Waals surface area contributed by atoms with Crippen molar-refractivity contribution >= 4 is 38.8 Å². The molecule has 6 nitrogen and oxygen atoms in total. The Bertz CT molecular complexity index is 1540. The van der Waals surface area contributed by atoms with Crippen molar-refractivity contribution in [1.29, 1.82) is 0 Å². The molecule has 2 aromatic carbocycles. The van der Waals surface area contributed by atoms with Crippen LogP contribution in [0.2, 0.25) is 5.02 Å². The molecule has 1 saturated carbocycles. The monoisotopic (exact) mass is 608 g/mol. The lowest BCUT2D eigenvalue weighted by Gasteiger charge is -2.47. The molecule has 1 spiro atoms. The summed E-state index contributed by atoms with van der Waals surface area (Å²) in [6.07, 6.45) is 10.6. The van der Waals surface area contributed by atoms with Gasteiger partial charge in [-0.2, -0.15) is 0 Å². The van der Waals surface area contributed by atoms with Crippen LogP contribution in [0.15, 0.2) is 48.0 Å². The lowest BCUT2D eigenvalue weighted by molar-refractivity contribution is 0.00323. The van der Waals surface area contributed by atoms with Crippen molar-refractivity contribution in [3.05, 3.63) is 69.8 Å². The molecule has 1 N–H and O–H groups in total. The van der Waals surface area contributed by atoms with E-state index in [1.807, 2.05) is 25.3 Å². The Morgan fingerprint density at radius 1 is 1.17 bits per heavy atom. The Kier molecular flexibility index (Phi) is 7.35. The Labute approximate surface area is 254 Å². The highest BCUT2D eigenvalue weighted by Crippen LogP contribution is 2.48. The normalized spacial score (nSPS) is 34.3. The minimum absolute atomic E-state index is 0.113. The molecule has 3 heterocycles. The summed E-state index contributed by atoms with van der Waals surface area (Å²) in [5.41, 5.74) is 5.27. The van der Waals surface area contributed by atoms with Gasteiger partial charge in [0, 0.05) is 51.7 Å². The van der Waals surface area contributed by atoms with Gasteiger partial charge in [-0.1, -0.05) is 23.7 Å². The van der Waals surface area contributed by atoms with E-state index in [1.54, 1.807) is 6.07 Å². The fraction of sp³-hybridized carbons (Fsp3) is 0.529. The van der Waals surface area contributed by atoms with Crippen molar-refractivity contribution in [2.45, 2.75) is 62.9 Å². The zero-order valence-corrected chi connectivity index (χ0v) is 26.0. The smallest absolute Gasteiger partial charge is 0.262 e. The molecule has 2 unspecified atom stereocenters. The van der Waals surface area contributed by atoms with Crippen LogP contribution in [0, 0.1) is 17.8 Å². The van der Waals surface area contributed by atoms with Crippen LogP contribution in [-0.4, -0.2) is 54.6 Å². The number of anilines is 1. The largest absolute Gasteiger partial charge is 0.490 e. The van der Waals surface area contributed by atoms with Gasteiger partial charge >= 0.3 is 0 Å². The first kappa shape index (κ1) is 28.3. The van der Waals surface area contributed by atoms with Crippen LogP contribution in [0.3, 0.4) is 0 Å². The second-order valence-corrected chi connectivity index (χ2v) is 15.9. The maximum Gasteiger partial charge on any atom is 0.262 e. The molecule has 8 heteroatoms. The summed E-state index contributed by atoms with van der Waals surface area (Å²) < 4.78 is 29.1. The average molecular weight is 609 g/mol. The number of amides is 1. The van der Waals surface area contributed by atoms with Crippen LogP contribution in [0.5, 0.6) is 5.75 Å². The minimum atomic E-state index is -2.79. The Morgan fingerprint density at radius 2 is 2.05 bits per heavy atom. The summed E-state index contributed by atoms with van der Waals surface area (Å²) in [6, 6.07) is 12.0. The number of benzene rings is 2. The van der Waals surface area contributed by atoms with Crippen molar-refractivity contribution in [2.24, 2.45) is 17.8 Å². The molecule has 0 saturated heterocycles. The molecule has 1 fully saturated rings. The number of halogens is 1. The van der Waals surface area contributed by atoms with Gasteiger partial charge in [0.15, 0.2) is 0 Å². The van der Waals surface area contributed by atoms with E-state index in [9.17, 15) is 9.00 Å². The number of ether oxygens (including phenoxy) is 2. The Balaban J connectivity index is 1.31. The molecule has 6 aliphatic rings.